The molecule has 0 radical (unpaired) electrons. The first-order valence-electron chi connectivity index (χ1n) is 8.06. The second-order valence-corrected chi connectivity index (χ2v) is 6.05. The van der Waals surface area contributed by atoms with Crippen molar-refractivity contribution < 1.29 is 18.4 Å². The molecule has 2 amide bonds. The summed E-state index contributed by atoms with van der Waals surface area (Å²) < 4.78 is 28.0. The molecule has 0 unspecified atom stereocenters. The fourth-order valence-electron chi connectivity index (χ4n) is 2.96. The Bertz CT molecular complexity index is 809. The highest BCUT2D eigenvalue weighted by molar-refractivity contribution is 5.98. The Balaban J connectivity index is 1.91. The maximum atomic E-state index is 14.2. The lowest BCUT2D eigenvalue weighted by molar-refractivity contribution is -0.127. The fourth-order valence-corrected chi connectivity index (χ4v) is 2.96. The van der Waals surface area contributed by atoms with E-state index in [1.54, 1.807) is 0 Å². The molecule has 1 aliphatic heterocycles. The summed E-state index contributed by atoms with van der Waals surface area (Å²) in [6, 6.07) is 11.1. The minimum absolute atomic E-state index is 0.131. The average Bonchev–Trinajstić information content (AvgIpc) is 2.62. The van der Waals surface area contributed by atoms with Gasteiger partial charge in [-0.3, -0.25) is 9.59 Å². The molecule has 6 heteroatoms. The van der Waals surface area contributed by atoms with Crippen molar-refractivity contribution in [3.8, 4) is 0 Å². The van der Waals surface area contributed by atoms with Crippen LogP contribution in [0.5, 0.6) is 0 Å². The minimum atomic E-state index is -1.17. The molecule has 0 aliphatic carbocycles. The zero-order chi connectivity index (χ0) is 18.0. The van der Waals surface area contributed by atoms with E-state index in [0.717, 1.165) is 5.56 Å². The third kappa shape index (κ3) is 3.38. The van der Waals surface area contributed by atoms with Gasteiger partial charge in [-0.25, -0.2) is 8.78 Å². The van der Waals surface area contributed by atoms with Crippen molar-refractivity contribution in [1.82, 2.24) is 10.2 Å². The number of aryl methyl sites for hydroxylation is 1. The smallest absolute Gasteiger partial charge is 0.257 e. The Morgan fingerprint density at radius 3 is 2.60 bits per heavy atom. The summed E-state index contributed by atoms with van der Waals surface area (Å²) in [4.78, 5) is 26.4. The van der Waals surface area contributed by atoms with E-state index in [2.05, 4.69) is 5.32 Å². The Morgan fingerprint density at radius 1 is 1.16 bits per heavy atom. The molecular weight excluding hydrogens is 326 g/mol. The maximum Gasteiger partial charge on any atom is 0.257 e. The van der Waals surface area contributed by atoms with Gasteiger partial charge in [-0.05, 0) is 24.1 Å². The minimum Gasteiger partial charge on any atom is -0.353 e. The normalized spacial score (nSPS) is 17.3. The SMILES string of the molecule is Cc1ccc(C(=O)N2CCNC(=O)[C@H]2Cc2ccccc2)c(F)c1F. The van der Waals surface area contributed by atoms with E-state index in [0.29, 0.717) is 6.42 Å². The summed E-state index contributed by atoms with van der Waals surface area (Å²) in [6.45, 7) is 1.96. The van der Waals surface area contributed by atoms with Crippen molar-refractivity contribution in [1.29, 1.82) is 0 Å². The van der Waals surface area contributed by atoms with Crippen LogP contribution in [0.4, 0.5) is 8.78 Å². The van der Waals surface area contributed by atoms with Crippen LogP contribution < -0.4 is 5.32 Å². The fraction of sp³-hybridized carbons (Fsp3) is 0.263. The standard InChI is InChI=1S/C19H18F2N2O2/c1-12-7-8-14(17(21)16(12)20)19(25)23-10-9-22-18(24)15(23)11-13-5-3-2-4-6-13/h2-8,15H,9-11H2,1H3,(H,22,24)/t15-/m1/s1. The zero-order valence-corrected chi connectivity index (χ0v) is 13.8. The molecule has 4 nitrogen and oxygen atoms in total. The summed E-state index contributed by atoms with van der Waals surface area (Å²) in [7, 11) is 0. The van der Waals surface area contributed by atoms with E-state index < -0.39 is 23.6 Å². The first-order valence-corrected chi connectivity index (χ1v) is 8.06. The molecule has 1 fully saturated rings. The molecule has 3 rings (SSSR count). The highest BCUT2D eigenvalue weighted by Crippen LogP contribution is 2.20. The van der Waals surface area contributed by atoms with Crippen molar-refractivity contribution in [3.05, 3.63) is 70.8 Å². The van der Waals surface area contributed by atoms with Crippen LogP contribution in [-0.4, -0.2) is 35.8 Å². The Morgan fingerprint density at radius 2 is 1.88 bits per heavy atom. The molecule has 1 heterocycles. The van der Waals surface area contributed by atoms with Crippen LogP contribution in [0.25, 0.3) is 0 Å². The first-order chi connectivity index (χ1) is 12.0. The molecule has 1 saturated heterocycles. The lowest BCUT2D eigenvalue weighted by Crippen LogP contribution is -2.58. The van der Waals surface area contributed by atoms with E-state index in [9.17, 15) is 18.4 Å². The van der Waals surface area contributed by atoms with Crippen LogP contribution >= 0.6 is 0 Å². The number of nitrogens with one attached hydrogen (secondary N) is 1. The summed E-state index contributed by atoms with van der Waals surface area (Å²) >= 11 is 0. The molecule has 0 aromatic heterocycles. The monoisotopic (exact) mass is 344 g/mol. The van der Waals surface area contributed by atoms with E-state index in [1.165, 1.54) is 24.0 Å². The number of hydrogen-bond donors (Lipinski definition) is 1. The van der Waals surface area contributed by atoms with Gasteiger partial charge >= 0.3 is 0 Å². The summed E-state index contributed by atoms with van der Waals surface area (Å²) in [6.07, 6.45) is 0.314. The van der Waals surface area contributed by atoms with Gasteiger partial charge in [0.2, 0.25) is 5.91 Å². The lowest BCUT2D eigenvalue weighted by Gasteiger charge is -2.35. The molecule has 0 saturated carbocycles. The van der Waals surface area contributed by atoms with Crippen molar-refractivity contribution in [2.24, 2.45) is 0 Å². The Kier molecular flexibility index (Phi) is 4.79. The van der Waals surface area contributed by atoms with Crippen LogP contribution in [0.2, 0.25) is 0 Å². The molecule has 1 aliphatic rings. The van der Waals surface area contributed by atoms with Gasteiger partial charge in [-0.15, -0.1) is 0 Å². The van der Waals surface area contributed by atoms with E-state index in [-0.39, 0.29) is 30.1 Å². The van der Waals surface area contributed by atoms with E-state index >= 15 is 0 Å². The van der Waals surface area contributed by atoms with Crippen LogP contribution in [-0.2, 0) is 11.2 Å². The van der Waals surface area contributed by atoms with Gasteiger partial charge in [-0.1, -0.05) is 36.4 Å². The van der Waals surface area contributed by atoms with E-state index in [1.807, 2.05) is 30.3 Å². The summed E-state index contributed by atoms with van der Waals surface area (Å²) in [5.74, 6) is -3.18. The number of hydrogen-bond acceptors (Lipinski definition) is 2. The molecule has 25 heavy (non-hydrogen) atoms. The summed E-state index contributed by atoms with van der Waals surface area (Å²) in [5, 5.41) is 2.72. The number of amides is 2. The zero-order valence-electron chi connectivity index (χ0n) is 13.8. The van der Waals surface area contributed by atoms with Crippen molar-refractivity contribution >= 4 is 11.8 Å². The highest BCUT2D eigenvalue weighted by atomic mass is 19.2. The van der Waals surface area contributed by atoms with Gasteiger partial charge in [0.05, 0.1) is 5.56 Å². The predicted molar refractivity (Wildman–Crippen MR) is 89.1 cm³/mol. The molecule has 130 valence electrons. The lowest BCUT2D eigenvalue weighted by atomic mass is 10.0. The van der Waals surface area contributed by atoms with Crippen molar-refractivity contribution in [3.63, 3.8) is 0 Å². The van der Waals surface area contributed by atoms with Crippen LogP contribution in [0, 0.1) is 18.6 Å². The average molecular weight is 344 g/mol. The molecule has 1 N–H and O–H groups in total. The largest absolute Gasteiger partial charge is 0.353 e. The number of rotatable bonds is 3. The van der Waals surface area contributed by atoms with Gasteiger partial charge in [0.25, 0.3) is 5.91 Å². The number of benzene rings is 2. The Labute approximate surface area is 144 Å². The van der Waals surface area contributed by atoms with Gasteiger partial charge in [-0.2, -0.15) is 0 Å². The second kappa shape index (κ2) is 7.01. The Hall–Kier alpha value is -2.76. The maximum absolute atomic E-state index is 14.2. The molecule has 0 spiro atoms. The third-order valence-corrected chi connectivity index (χ3v) is 4.37. The number of nitrogens with zero attached hydrogens (tertiary/aromatic N) is 1. The second-order valence-electron chi connectivity index (χ2n) is 6.05. The quantitative estimate of drug-likeness (QED) is 0.930. The van der Waals surface area contributed by atoms with Gasteiger partial charge in [0, 0.05) is 19.5 Å². The van der Waals surface area contributed by atoms with E-state index in [4.69, 9.17) is 0 Å². The number of carbonyl (C=O) groups excluding carboxylic acids is 2. The first kappa shape index (κ1) is 17.1. The molecule has 0 bridgehead atoms. The topological polar surface area (TPSA) is 49.4 Å². The van der Waals surface area contributed by atoms with Gasteiger partial charge < -0.3 is 10.2 Å². The number of halogens is 2. The third-order valence-electron chi connectivity index (χ3n) is 4.37. The summed E-state index contributed by atoms with van der Waals surface area (Å²) in [5.41, 5.74) is 0.667. The predicted octanol–water partition coefficient (Wildman–Crippen LogP) is 2.46. The van der Waals surface area contributed by atoms with Gasteiger partial charge in [0.1, 0.15) is 6.04 Å². The van der Waals surface area contributed by atoms with Crippen LogP contribution in [0.1, 0.15) is 21.5 Å². The van der Waals surface area contributed by atoms with Crippen LogP contribution in [0.3, 0.4) is 0 Å². The molecule has 1 atom stereocenters. The van der Waals surface area contributed by atoms with Crippen LogP contribution in [0.15, 0.2) is 42.5 Å². The molecule has 2 aromatic rings. The number of piperazine rings is 1. The van der Waals surface area contributed by atoms with Gasteiger partial charge in [0.15, 0.2) is 11.6 Å². The molecular formula is C19H18F2N2O2. The van der Waals surface area contributed by atoms with Crippen molar-refractivity contribution in [2.75, 3.05) is 13.1 Å². The van der Waals surface area contributed by atoms with Crippen molar-refractivity contribution in [2.45, 2.75) is 19.4 Å². The molecule has 2 aromatic carbocycles. The number of carbonyl (C=O) groups is 2. The highest BCUT2D eigenvalue weighted by Gasteiger charge is 2.35.